The van der Waals surface area contributed by atoms with Gasteiger partial charge in [0.1, 0.15) is 6.33 Å². The Morgan fingerprint density at radius 2 is 2.18 bits per heavy atom. The molecule has 1 N–H and O–H groups in total. The summed E-state index contributed by atoms with van der Waals surface area (Å²) in [5, 5.41) is 17.8. The van der Waals surface area contributed by atoms with Crippen LogP contribution in [0.1, 0.15) is 31.3 Å². The second kappa shape index (κ2) is 4.71. The summed E-state index contributed by atoms with van der Waals surface area (Å²) >= 11 is 0. The average Bonchev–Trinajstić information content (AvgIpc) is 2.88. The summed E-state index contributed by atoms with van der Waals surface area (Å²) in [7, 11) is 1.92. The summed E-state index contributed by atoms with van der Waals surface area (Å²) in [5.74, 6) is 1.12. The number of aromatic nitrogens is 4. The van der Waals surface area contributed by atoms with Crippen molar-refractivity contribution in [1.82, 2.24) is 19.3 Å². The van der Waals surface area contributed by atoms with Crippen molar-refractivity contribution in [3.63, 3.8) is 0 Å². The minimum Gasteiger partial charge on any atom is -0.388 e. The Balaban J connectivity index is 2.11. The van der Waals surface area contributed by atoms with Gasteiger partial charge in [0.15, 0.2) is 5.82 Å². The lowest BCUT2D eigenvalue weighted by Crippen LogP contribution is -2.06. The zero-order valence-electron chi connectivity index (χ0n) is 10.4. The first kappa shape index (κ1) is 11.9. The molecule has 2 rings (SSSR count). The predicted molar refractivity (Wildman–Crippen MR) is 64.3 cm³/mol. The van der Waals surface area contributed by atoms with Gasteiger partial charge in [0, 0.05) is 19.4 Å². The molecule has 1 atom stereocenters. The van der Waals surface area contributed by atoms with Crippen LogP contribution in [0.15, 0.2) is 24.8 Å². The van der Waals surface area contributed by atoms with Gasteiger partial charge < -0.3 is 14.2 Å². The summed E-state index contributed by atoms with van der Waals surface area (Å²) in [6, 6.07) is 1.95. The SMILES string of the molecule is CC(C)C(O)c1ccn(Cc2nncn2C)c1. The lowest BCUT2D eigenvalue weighted by Gasteiger charge is -2.12. The molecule has 0 radical (unpaired) electrons. The molecule has 2 aromatic rings. The van der Waals surface area contributed by atoms with E-state index in [-0.39, 0.29) is 5.92 Å². The second-order valence-electron chi connectivity index (χ2n) is 4.66. The van der Waals surface area contributed by atoms with Crippen LogP contribution in [-0.2, 0) is 13.6 Å². The Labute approximate surface area is 101 Å². The lowest BCUT2D eigenvalue weighted by atomic mass is 10.0. The predicted octanol–water partition coefficient (Wildman–Crippen LogP) is 1.35. The van der Waals surface area contributed by atoms with Gasteiger partial charge in [-0.05, 0) is 17.5 Å². The molecule has 17 heavy (non-hydrogen) atoms. The van der Waals surface area contributed by atoms with Crippen LogP contribution in [0, 0.1) is 5.92 Å². The minimum absolute atomic E-state index is 0.223. The summed E-state index contributed by atoms with van der Waals surface area (Å²) < 4.78 is 3.89. The first-order chi connectivity index (χ1) is 8.08. The fourth-order valence-corrected chi connectivity index (χ4v) is 1.73. The highest BCUT2D eigenvalue weighted by Gasteiger charge is 2.13. The van der Waals surface area contributed by atoms with Gasteiger partial charge in [0.2, 0.25) is 0 Å². The quantitative estimate of drug-likeness (QED) is 0.869. The Morgan fingerprint density at radius 3 is 2.76 bits per heavy atom. The van der Waals surface area contributed by atoms with E-state index in [2.05, 4.69) is 10.2 Å². The number of rotatable bonds is 4. The van der Waals surface area contributed by atoms with Crippen LogP contribution in [-0.4, -0.2) is 24.4 Å². The molecule has 0 amide bonds. The van der Waals surface area contributed by atoms with Crippen LogP contribution in [0.3, 0.4) is 0 Å². The minimum atomic E-state index is -0.407. The van der Waals surface area contributed by atoms with Crippen molar-refractivity contribution >= 4 is 0 Å². The average molecular weight is 234 g/mol. The van der Waals surface area contributed by atoms with Gasteiger partial charge >= 0.3 is 0 Å². The molecular formula is C12H18N4O. The van der Waals surface area contributed by atoms with E-state index in [1.54, 1.807) is 6.33 Å². The highest BCUT2D eigenvalue weighted by atomic mass is 16.3. The summed E-state index contributed by atoms with van der Waals surface area (Å²) in [5.41, 5.74) is 0.946. The van der Waals surface area contributed by atoms with E-state index in [1.165, 1.54) is 0 Å². The molecular weight excluding hydrogens is 216 g/mol. The molecule has 5 heteroatoms. The maximum absolute atomic E-state index is 9.95. The van der Waals surface area contributed by atoms with Crippen LogP contribution >= 0.6 is 0 Å². The third-order valence-corrected chi connectivity index (χ3v) is 2.88. The van der Waals surface area contributed by atoms with Crippen LogP contribution in [0.4, 0.5) is 0 Å². The van der Waals surface area contributed by atoms with Gasteiger partial charge in [-0.25, -0.2) is 0 Å². The molecule has 0 saturated heterocycles. The Kier molecular flexibility index (Phi) is 3.28. The third kappa shape index (κ3) is 2.55. The topological polar surface area (TPSA) is 55.9 Å². The van der Waals surface area contributed by atoms with E-state index < -0.39 is 6.10 Å². The molecule has 1 unspecified atom stereocenters. The van der Waals surface area contributed by atoms with Crippen molar-refractivity contribution in [1.29, 1.82) is 0 Å². The normalized spacial score (nSPS) is 13.2. The Morgan fingerprint density at radius 1 is 1.41 bits per heavy atom. The molecule has 2 heterocycles. The third-order valence-electron chi connectivity index (χ3n) is 2.88. The largest absolute Gasteiger partial charge is 0.388 e. The molecule has 92 valence electrons. The van der Waals surface area contributed by atoms with Crippen LogP contribution < -0.4 is 0 Å². The van der Waals surface area contributed by atoms with Crippen LogP contribution in [0.5, 0.6) is 0 Å². The van der Waals surface area contributed by atoms with Crippen molar-refractivity contribution in [3.8, 4) is 0 Å². The van der Waals surface area contributed by atoms with E-state index >= 15 is 0 Å². The Bertz CT molecular complexity index is 486. The van der Waals surface area contributed by atoms with Crippen LogP contribution in [0.2, 0.25) is 0 Å². The van der Waals surface area contributed by atoms with Gasteiger partial charge in [-0.1, -0.05) is 13.8 Å². The highest BCUT2D eigenvalue weighted by molar-refractivity contribution is 5.14. The van der Waals surface area contributed by atoms with Crippen LogP contribution in [0.25, 0.3) is 0 Å². The van der Waals surface area contributed by atoms with E-state index in [1.807, 2.05) is 48.5 Å². The molecule has 5 nitrogen and oxygen atoms in total. The molecule has 0 bridgehead atoms. The van der Waals surface area contributed by atoms with Crippen molar-refractivity contribution in [2.24, 2.45) is 13.0 Å². The van der Waals surface area contributed by atoms with Gasteiger partial charge in [-0.2, -0.15) is 0 Å². The zero-order chi connectivity index (χ0) is 12.4. The van der Waals surface area contributed by atoms with E-state index in [0.717, 1.165) is 11.4 Å². The standard InChI is InChI=1S/C12H18N4O/c1-9(2)12(17)10-4-5-16(6-10)7-11-14-13-8-15(11)3/h4-6,8-9,12,17H,7H2,1-3H3. The van der Waals surface area contributed by atoms with Gasteiger partial charge in [0.05, 0.1) is 12.6 Å². The second-order valence-corrected chi connectivity index (χ2v) is 4.66. The van der Waals surface area contributed by atoms with Gasteiger partial charge in [-0.15, -0.1) is 10.2 Å². The fraction of sp³-hybridized carbons (Fsp3) is 0.500. The molecule has 0 aliphatic heterocycles. The van der Waals surface area contributed by atoms with E-state index in [4.69, 9.17) is 0 Å². The summed E-state index contributed by atoms with van der Waals surface area (Å²) in [4.78, 5) is 0. The number of nitrogens with zero attached hydrogens (tertiary/aromatic N) is 4. The van der Waals surface area contributed by atoms with Crippen molar-refractivity contribution in [2.45, 2.75) is 26.5 Å². The summed E-state index contributed by atoms with van der Waals surface area (Å²) in [6.45, 7) is 4.68. The summed E-state index contributed by atoms with van der Waals surface area (Å²) in [6.07, 6.45) is 5.19. The first-order valence-corrected chi connectivity index (χ1v) is 5.74. The van der Waals surface area contributed by atoms with Gasteiger partial charge in [-0.3, -0.25) is 0 Å². The van der Waals surface area contributed by atoms with Gasteiger partial charge in [0.25, 0.3) is 0 Å². The monoisotopic (exact) mass is 234 g/mol. The molecule has 2 aromatic heterocycles. The number of aryl methyl sites for hydroxylation is 1. The number of aliphatic hydroxyl groups is 1. The van der Waals surface area contributed by atoms with Crippen molar-refractivity contribution in [2.75, 3.05) is 0 Å². The molecule has 0 aromatic carbocycles. The lowest BCUT2D eigenvalue weighted by molar-refractivity contribution is 0.127. The Hall–Kier alpha value is -1.62. The fourth-order valence-electron chi connectivity index (χ4n) is 1.73. The molecule has 0 spiro atoms. The molecule has 0 aliphatic carbocycles. The molecule has 0 fully saturated rings. The molecule has 0 saturated carbocycles. The van der Waals surface area contributed by atoms with E-state index in [0.29, 0.717) is 6.54 Å². The number of hydrogen-bond acceptors (Lipinski definition) is 3. The van der Waals surface area contributed by atoms with Crippen molar-refractivity contribution in [3.05, 3.63) is 36.2 Å². The maximum atomic E-state index is 9.95. The molecule has 0 aliphatic rings. The van der Waals surface area contributed by atoms with E-state index in [9.17, 15) is 5.11 Å². The maximum Gasteiger partial charge on any atom is 0.152 e. The van der Waals surface area contributed by atoms with Crippen molar-refractivity contribution < 1.29 is 5.11 Å². The first-order valence-electron chi connectivity index (χ1n) is 5.74. The smallest absolute Gasteiger partial charge is 0.152 e. The number of hydrogen-bond donors (Lipinski definition) is 1. The zero-order valence-corrected chi connectivity index (χ0v) is 10.4. The number of aliphatic hydroxyl groups excluding tert-OH is 1. The highest BCUT2D eigenvalue weighted by Crippen LogP contribution is 2.21.